The van der Waals surface area contributed by atoms with Crippen LogP contribution in [-0.2, 0) is 17.4 Å². The van der Waals surface area contributed by atoms with Crippen molar-refractivity contribution in [1.82, 2.24) is 0 Å². The molecule has 3 rings (SSSR count). The topological polar surface area (TPSA) is 23.5 Å². The maximum absolute atomic E-state index is 11.4. The zero-order chi connectivity index (χ0) is 24.4. The Hall–Kier alpha value is -2.31. The highest BCUT2D eigenvalue weighted by Crippen LogP contribution is 2.37. The van der Waals surface area contributed by atoms with Gasteiger partial charge in [0, 0.05) is 34.9 Å². The molecule has 0 spiro atoms. The van der Waals surface area contributed by atoms with Crippen molar-refractivity contribution < 1.29 is 5.11 Å². The van der Waals surface area contributed by atoms with Gasteiger partial charge in [-0.2, -0.15) is 0 Å². The van der Waals surface area contributed by atoms with E-state index >= 15 is 0 Å². The number of hydrogen-bond donors (Lipinski definition) is 1. The van der Waals surface area contributed by atoms with Gasteiger partial charge in [0.2, 0.25) is 0 Å². The van der Waals surface area contributed by atoms with Crippen molar-refractivity contribution in [3.05, 3.63) is 82.9 Å². The van der Waals surface area contributed by atoms with Crippen molar-refractivity contribution in [3.63, 3.8) is 0 Å². The molecule has 0 saturated heterocycles. The second kappa shape index (κ2) is 9.90. The first-order valence-electron chi connectivity index (χ1n) is 11.9. The highest BCUT2D eigenvalue weighted by molar-refractivity contribution is 7.56. The summed E-state index contributed by atoms with van der Waals surface area (Å²) in [5.41, 5.74) is 6.05. The molecule has 2 nitrogen and oxygen atoms in total. The van der Waals surface area contributed by atoms with E-state index in [9.17, 15) is 5.11 Å². The number of nitrogens with zero attached hydrogens (tertiary/aromatic N) is 1. The normalized spacial score (nSPS) is 12.5. The molecule has 176 valence electrons. The molecule has 3 aromatic rings. The minimum Gasteiger partial charge on any atom is -0.507 e. The second-order valence-electron chi connectivity index (χ2n) is 11.0. The van der Waals surface area contributed by atoms with Crippen molar-refractivity contribution >= 4 is 24.9 Å². The molecule has 1 unspecified atom stereocenters. The number of benzene rings is 3. The van der Waals surface area contributed by atoms with Crippen LogP contribution in [-0.4, -0.2) is 11.7 Å². The molecule has 0 bridgehead atoms. The van der Waals surface area contributed by atoms with Crippen molar-refractivity contribution in [3.8, 4) is 5.75 Å². The summed E-state index contributed by atoms with van der Waals surface area (Å²) in [6, 6.07) is 21.7. The summed E-state index contributed by atoms with van der Waals surface area (Å²) in [5, 5.41) is 13.7. The van der Waals surface area contributed by atoms with E-state index in [2.05, 4.69) is 121 Å². The molecule has 3 heteroatoms. The lowest BCUT2D eigenvalue weighted by Crippen LogP contribution is -2.28. The van der Waals surface area contributed by atoms with Crippen LogP contribution in [0.2, 0.25) is 0 Å². The molecule has 0 radical (unpaired) electrons. The SMILES string of the molecule is CCN(Cc1ccccc1)c1cccc(C)c1Pc1cc(C(C)(C)C)cc(C(C)(C)C)c1O. The third-order valence-corrected chi connectivity index (χ3v) is 7.78. The van der Waals surface area contributed by atoms with Crippen LogP contribution >= 0.6 is 8.58 Å². The number of rotatable bonds is 6. The van der Waals surface area contributed by atoms with E-state index in [-0.39, 0.29) is 10.8 Å². The van der Waals surface area contributed by atoms with Crippen molar-refractivity contribution in [2.24, 2.45) is 0 Å². The number of aryl methyl sites for hydroxylation is 1. The maximum Gasteiger partial charge on any atom is 0.127 e. The Bertz CT molecular complexity index is 1090. The monoisotopic (exact) mass is 461 g/mol. The molecule has 0 amide bonds. The lowest BCUT2D eigenvalue weighted by molar-refractivity contribution is 0.449. The smallest absolute Gasteiger partial charge is 0.127 e. The summed E-state index contributed by atoms with van der Waals surface area (Å²) in [4.78, 5) is 2.44. The zero-order valence-electron chi connectivity index (χ0n) is 21.6. The fraction of sp³-hybridized carbons (Fsp3) is 0.400. The van der Waals surface area contributed by atoms with E-state index in [0.717, 1.165) is 24.0 Å². The molecule has 0 heterocycles. The van der Waals surface area contributed by atoms with Gasteiger partial charge in [0.05, 0.1) is 0 Å². The van der Waals surface area contributed by atoms with Crippen molar-refractivity contribution in [2.45, 2.75) is 72.8 Å². The number of phenolic OH excluding ortho intramolecular Hbond substituents is 1. The number of aromatic hydroxyl groups is 1. The van der Waals surface area contributed by atoms with Gasteiger partial charge in [-0.15, -0.1) is 0 Å². The van der Waals surface area contributed by atoms with Crippen LogP contribution in [0, 0.1) is 6.92 Å². The van der Waals surface area contributed by atoms with E-state index in [0.29, 0.717) is 14.3 Å². The van der Waals surface area contributed by atoms with Crippen LogP contribution in [0.15, 0.2) is 60.7 Å². The van der Waals surface area contributed by atoms with E-state index in [1.54, 1.807) is 0 Å². The van der Waals surface area contributed by atoms with Gasteiger partial charge in [0.1, 0.15) is 5.75 Å². The second-order valence-corrected chi connectivity index (χ2v) is 12.3. The van der Waals surface area contributed by atoms with Gasteiger partial charge in [-0.3, -0.25) is 0 Å². The van der Waals surface area contributed by atoms with Gasteiger partial charge in [-0.25, -0.2) is 0 Å². The third-order valence-electron chi connectivity index (χ3n) is 6.23. The molecule has 0 aliphatic carbocycles. The summed E-state index contributed by atoms with van der Waals surface area (Å²) in [7, 11) is 0.389. The van der Waals surface area contributed by atoms with Gasteiger partial charge in [-0.05, 0) is 53.5 Å². The standard InChI is InChI=1S/C30H40NOP/c1-9-31(20-22-15-11-10-12-16-22)25-17-13-14-21(2)28(25)33-26-19-23(29(3,4)5)18-24(27(26)32)30(6,7)8/h10-19,32-33H,9,20H2,1-8H3. The summed E-state index contributed by atoms with van der Waals surface area (Å²) in [5.74, 6) is 0.453. The Labute approximate surface area is 202 Å². The molecular formula is C30H40NOP. The fourth-order valence-corrected chi connectivity index (χ4v) is 5.52. The highest BCUT2D eigenvalue weighted by Gasteiger charge is 2.26. The number of anilines is 1. The highest BCUT2D eigenvalue weighted by atomic mass is 31.1. The van der Waals surface area contributed by atoms with Crippen LogP contribution in [0.4, 0.5) is 5.69 Å². The predicted octanol–water partition coefficient (Wildman–Crippen LogP) is 6.95. The van der Waals surface area contributed by atoms with Gasteiger partial charge in [0.15, 0.2) is 0 Å². The molecule has 1 N–H and O–H groups in total. The summed E-state index contributed by atoms with van der Waals surface area (Å²) < 4.78 is 0. The molecule has 0 fully saturated rings. The van der Waals surface area contributed by atoms with E-state index in [1.807, 2.05) is 0 Å². The van der Waals surface area contributed by atoms with Gasteiger partial charge in [-0.1, -0.05) is 98.7 Å². The van der Waals surface area contributed by atoms with Gasteiger partial charge in [0.25, 0.3) is 0 Å². The predicted molar refractivity (Wildman–Crippen MR) is 147 cm³/mol. The number of phenols is 1. The Morgan fingerprint density at radius 1 is 0.848 bits per heavy atom. The van der Waals surface area contributed by atoms with Crippen molar-refractivity contribution in [1.29, 1.82) is 0 Å². The molecule has 0 saturated carbocycles. The molecule has 0 aromatic heterocycles. The van der Waals surface area contributed by atoms with Gasteiger partial charge >= 0.3 is 0 Å². The van der Waals surface area contributed by atoms with Crippen LogP contribution in [0.1, 0.15) is 70.7 Å². The Balaban J connectivity index is 2.10. The first kappa shape index (κ1) is 25.3. The first-order chi connectivity index (χ1) is 15.4. The molecule has 0 aliphatic heterocycles. The third kappa shape index (κ3) is 5.98. The lowest BCUT2D eigenvalue weighted by Gasteiger charge is -2.29. The Kier molecular flexibility index (Phi) is 7.59. The lowest BCUT2D eigenvalue weighted by atomic mass is 9.80. The molecular weight excluding hydrogens is 421 g/mol. The summed E-state index contributed by atoms with van der Waals surface area (Å²) >= 11 is 0. The largest absolute Gasteiger partial charge is 0.507 e. The maximum atomic E-state index is 11.4. The molecule has 33 heavy (non-hydrogen) atoms. The average Bonchev–Trinajstić information content (AvgIpc) is 2.74. The van der Waals surface area contributed by atoms with Crippen molar-refractivity contribution in [2.75, 3.05) is 11.4 Å². The average molecular weight is 462 g/mol. The quantitative estimate of drug-likeness (QED) is 0.402. The summed E-state index contributed by atoms with van der Waals surface area (Å²) in [6.07, 6.45) is 0. The first-order valence-corrected chi connectivity index (χ1v) is 12.9. The number of hydrogen-bond acceptors (Lipinski definition) is 2. The molecule has 0 aliphatic rings. The van der Waals surface area contributed by atoms with E-state index < -0.39 is 0 Å². The molecule has 3 aromatic carbocycles. The fourth-order valence-electron chi connectivity index (χ4n) is 4.12. The van der Waals surface area contributed by atoms with E-state index in [1.165, 1.54) is 27.7 Å². The molecule has 1 atom stereocenters. The van der Waals surface area contributed by atoms with Crippen LogP contribution < -0.4 is 15.5 Å². The van der Waals surface area contributed by atoms with Crippen LogP contribution in [0.25, 0.3) is 0 Å². The summed E-state index contributed by atoms with van der Waals surface area (Å²) in [6.45, 7) is 19.5. The Morgan fingerprint density at radius 3 is 2.09 bits per heavy atom. The van der Waals surface area contributed by atoms with Crippen LogP contribution in [0.5, 0.6) is 5.75 Å². The van der Waals surface area contributed by atoms with Crippen LogP contribution in [0.3, 0.4) is 0 Å². The Morgan fingerprint density at radius 2 is 1.52 bits per heavy atom. The van der Waals surface area contributed by atoms with Gasteiger partial charge < -0.3 is 10.0 Å². The minimum atomic E-state index is -0.123. The minimum absolute atomic E-state index is 0.0181. The zero-order valence-corrected chi connectivity index (χ0v) is 22.6. The van der Waals surface area contributed by atoms with E-state index in [4.69, 9.17) is 0 Å².